The summed E-state index contributed by atoms with van der Waals surface area (Å²) in [5.41, 5.74) is 2.79. The number of pyridine rings is 1. The number of carbonyl (C=O) groups is 1. The average Bonchev–Trinajstić information content (AvgIpc) is 3.23. The number of anilines is 2. The van der Waals surface area contributed by atoms with Crippen LogP contribution in [-0.2, 0) is 11.8 Å². The van der Waals surface area contributed by atoms with Gasteiger partial charge in [-0.2, -0.15) is 0 Å². The number of amides is 1. The van der Waals surface area contributed by atoms with Crippen molar-refractivity contribution < 1.29 is 4.79 Å². The van der Waals surface area contributed by atoms with Crippen molar-refractivity contribution in [3.8, 4) is 0 Å². The van der Waals surface area contributed by atoms with Crippen molar-refractivity contribution in [3.05, 3.63) is 65.0 Å². The fourth-order valence-corrected chi connectivity index (χ4v) is 5.83. The predicted molar refractivity (Wildman–Crippen MR) is 128 cm³/mol. The molecule has 6 heteroatoms. The molecular weight excluding hydrogens is 406 g/mol. The molecule has 160 valence electrons. The second-order valence-corrected chi connectivity index (χ2v) is 9.77. The van der Waals surface area contributed by atoms with Gasteiger partial charge >= 0.3 is 0 Å². The first-order chi connectivity index (χ1) is 15.1. The molecule has 0 atom stereocenters. The van der Waals surface area contributed by atoms with Crippen LogP contribution < -0.4 is 15.4 Å². The maximum Gasteiger partial charge on any atom is 0.252 e. The number of hydrogen-bond acceptors (Lipinski definition) is 4. The van der Waals surface area contributed by atoms with Crippen LogP contribution in [0.1, 0.15) is 25.7 Å². The third kappa shape index (κ3) is 3.97. The number of aromatic nitrogens is 1. The van der Waals surface area contributed by atoms with E-state index in [2.05, 4.69) is 41.3 Å². The Morgan fingerprint density at radius 3 is 2.42 bits per heavy atom. The Bertz CT molecular complexity index is 1170. The Morgan fingerprint density at radius 1 is 0.935 bits per heavy atom. The van der Waals surface area contributed by atoms with Crippen molar-refractivity contribution in [1.82, 2.24) is 4.57 Å². The largest absolute Gasteiger partial charge is 0.371 e. The minimum Gasteiger partial charge on any atom is -0.371 e. The van der Waals surface area contributed by atoms with Crippen LogP contribution in [0.25, 0.3) is 10.9 Å². The standard InChI is InChI=1S/C25H27N3O2S/c1-26-22-16-18(28-13-5-8-24(28)29)9-10-21(22)23(17-25(26)30)27-14-11-20(12-15-27)31-19-6-3-2-4-7-19/h2-4,6-7,9-10,16-17,20H,5,8,11-15H2,1H3. The molecule has 2 fully saturated rings. The number of fused-ring (bicyclic) bond motifs is 1. The van der Waals surface area contributed by atoms with Crippen molar-refractivity contribution in [2.45, 2.75) is 35.8 Å². The van der Waals surface area contributed by atoms with Crippen molar-refractivity contribution in [2.24, 2.45) is 7.05 Å². The van der Waals surface area contributed by atoms with Gasteiger partial charge in [0.1, 0.15) is 0 Å². The summed E-state index contributed by atoms with van der Waals surface area (Å²) in [4.78, 5) is 30.4. The summed E-state index contributed by atoms with van der Waals surface area (Å²) in [5.74, 6) is 0.165. The molecule has 2 aliphatic heterocycles. The van der Waals surface area contributed by atoms with Crippen molar-refractivity contribution in [1.29, 1.82) is 0 Å². The third-order valence-electron chi connectivity index (χ3n) is 6.42. The summed E-state index contributed by atoms with van der Waals surface area (Å²) in [6.07, 6.45) is 3.69. The number of carbonyl (C=O) groups excluding carboxylic acids is 1. The molecule has 0 N–H and O–H groups in total. The molecule has 1 amide bonds. The molecule has 0 bridgehead atoms. The van der Waals surface area contributed by atoms with Gasteiger partial charge in [0.25, 0.3) is 5.56 Å². The van der Waals surface area contributed by atoms with E-state index in [0.29, 0.717) is 11.7 Å². The molecule has 3 heterocycles. The number of benzene rings is 2. The monoisotopic (exact) mass is 433 g/mol. The van der Waals surface area contributed by atoms with E-state index in [9.17, 15) is 9.59 Å². The Labute approximate surface area is 186 Å². The van der Waals surface area contributed by atoms with Gasteiger partial charge in [-0.25, -0.2) is 0 Å². The maximum absolute atomic E-state index is 12.8. The molecule has 2 aromatic carbocycles. The van der Waals surface area contributed by atoms with E-state index in [1.54, 1.807) is 10.6 Å². The number of rotatable bonds is 4. The van der Waals surface area contributed by atoms with Crippen LogP contribution in [0.15, 0.2) is 64.3 Å². The van der Waals surface area contributed by atoms with Crippen LogP contribution in [0, 0.1) is 0 Å². The zero-order chi connectivity index (χ0) is 21.4. The fourth-order valence-electron chi connectivity index (χ4n) is 4.68. The number of hydrogen-bond donors (Lipinski definition) is 0. The Kier molecular flexibility index (Phi) is 5.48. The number of nitrogens with zero attached hydrogens (tertiary/aromatic N) is 3. The summed E-state index contributed by atoms with van der Waals surface area (Å²) < 4.78 is 1.70. The zero-order valence-electron chi connectivity index (χ0n) is 17.8. The second kappa shape index (κ2) is 8.42. The number of piperidine rings is 1. The van der Waals surface area contributed by atoms with Gasteiger partial charge < -0.3 is 14.4 Å². The molecule has 0 spiro atoms. The number of thioether (sulfide) groups is 1. The first-order valence-corrected chi connectivity index (χ1v) is 11.9. The summed E-state index contributed by atoms with van der Waals surface area (Å²) in [6.45, 7) is 2.64. The van der Waals surface area contributed by atoms with Gasteiger partial charge in [-0.3, -0.25) is 9.59 Å². The lowest BCUT2D eigenvalue weighted by Gasteiger charge is -2.34. The number of aryl methyl sites for hydroxylation is 1. The van der Waals surface area contributed by atoms with Crippen molar-refractivity contribution in [3.63, 3.8) is 0 Å². The van der Waals surface area contributed by atoms with E-state index in [1.807, 2.05) is 35.8 Å². The van der Waals surface area contributed by atoms with Crippen molar-refractivity contribution >= 4 is 39.9 Å². The predicted octanol–water partition coefficient (Wildman–Crippen LogP) is 4.43. The smallest absolute Gasteiger partial charge is 0.252 e. The zero-order valence-corrected chi connectivity index (χ0v) is 18.6. The van der Waals surface area contributed by atoms with E-state index < -0.39 is 0 Å². The Morgan fingerprint density at radius 2 is 1.71 bits per heavy atom. The first-order valence-electron chi connectivity index (χ1n) is 11.0. The molecule has 2 saturated heterocycles. The van der Waals surface area contributed by atoms with Gasteiger partial charge in [0.05, 0.1) is 11.2 Å². The highest BCUT2D eigenvalue weighted by Gasteiger charge is 2.25. The highest BCUT2D eigenvalue weighted by molar-refractivity contribution is 8.00. The van der Waals surface area contributed by atoms with Gasteiger partial charge in [-0.1, -0.05) is 18.2 Å². The molecular formula is C25H27N3O2S. The minimum atomic E-state index is -0.00631. The van der Waals surface area contributed by atoms with Crippen LogP contribution in [0.3, 0.4) is 0 Å². The summed E-state index contributed by atoms with van der Waals surface area (Å²) >= 11 is 1.96. The van der Waals surface area contributed by atoms with Crippen LogP contribution in [0.4, 0.5) is 11.4 Å². The SMILES string of the molecule is Cn1c(=O)cc(N2CCC(Sc3ccccc3)CC2)c2ccc(N3CCCC3=O)cc21. The molecule has 1 aromatic heterocycles. The summed E-state index contributed by atoms with van der Waals surface area (Å²) in [7, 11) is 1.81. The maximum atomic E-state index is 12.8. The highest BCUT2D eigenvalue weighted by atomic mass is 32.2. The fraction of sp³-hybridized carbons (Fsp3) is 0.360. The lowest BCUT2D eigenvalue weighted by atomic mass is 10.1. The van der Waals surface area contributed by atoms with Crippen LogP contribution in [0.2, 0.25) is 0 Å². The van der Waals surface area contributed by atoms with E-state index in [1.165, 1.54) is 4.90 Å². The molecule has 31 heavy (non-hydrogen) atoms. The second-order valence-electron chi connectivity index (χ2n) is 8.39. The van der Waals surface area contributed by atoms with E-state index >= 15 is 0 Å². The molecule has 2 aliphatic rings. The average molecular weight is 434 g/mol. The van der Waals surface area contributed by atoms with Gasteiger partial charge in [0, 0.05) is 60.4 Å². The molecule has 5 rings (SSSR count). The Hall–Kier alpha value is -2.73. The van der Waals surface area contributed by atoms with Gasteiger partial charge in [-0.15, -0.1) is 11.8 Å². The van der Waals surface area contributed by atoms with E-state index in [-0.39, 0.29) is 11.5 Å². The normalized spacial score (nSPS) is 17.6. The van der Waals surface area contributed by atoms with Gasteiger partial charge in [0.15, 0.2) is 0 Å². The van der Waals surface area contributed by atoms with Crippen LogP contribution in [0.5, 0.6) is 0 Å². The molecule has 3 aromatic rings. The molecule has 0 unspecified atom stereocenters. The van der Waals surface area contributed by atoms with E-state index in [4.69, 9.17) is 0 Å². The van der Waals surface area contributed by atoms with Gasteiger partial charge in [0.2, 0.25) is 5.91 Å². The third-order valence-corrected chi connectivity index (χ3v) is 7.77. The van der Waals surface area contributed by atoms with Crippen LogP contribution in [-0.4, -0.2) is 35.4 Å². The lowest BCUT2D eigenvalue weighted by molar-refractivity contribution is -0.117. The first kappa shape index (κ1) is 20.2. The van der Waals surface area contributed by atoms with Crippen molar-refractivity contribution in [2.75, 3.05) is 29.4 Å². The van der Waals surface area contributed by atoms with E-state index in [0.717, 1.165) is 61.2 Å². The summed E-state index contributed by atoms with van der Waals surface area (Å²) in [6, 6.07) is 18.5. The quantitative estimate of drug-likeness (QED) is 0.611. The summed E-state index contributed by atoms with van der Waals surface area (Å²) in [5, 5.41) is 1.68. The highest BCUT2D eigenvalue weighted by Crippen LogP contribution is 2.35. The lowest BCUT2D eigenvalue weighted by Crippen LogP contribution is -2.36. The minimum absolute atomic E-state index is 0.00631. The topological polar surface area (TPSA) is 45.6 Å². The molecule has 5 nitrogen and oxygen atoms in total. The molecule has 0 aliphatic carbocycles. The molecule has 0 radical (unpaired) electrons. The Balaban J connectivity index is 1.40. The van der Waals surface area contributed by atoms with Crippen LogP contribution >= 0.6 is 11.8 Å². The molecule has 0 saturated carbocycles. The van der Waals surface area contributed by atoms with Gasteiger partial charge in [-0.05, 0) is 49.6 Å².